The molecule has 0 N–H and O–H groups in total. The minimum Gasteiger partial charge on any atom is -0.298 e. The van der Waals surface area contributed by atoms with Crippen molar-refractivity contribution in [3.8, 4) is 0 Å². The maximum Gasteiger partial charge on any atom is 0.145 e. The molecule has 1 nitrogen and oxygen atoms in total. The zero-order chi connectivity index (χ0) is 11.7. The molecule has 0 aliphatic rings. The molecular weight excluding hydrogens is 160 g/mol. The highest BCUT2D eigenvalue weighted by molar-refractivity contribution is 5.71. The van der Waals surface area contributed by atoms with Gasteiger partial charge in [-0.3, -0.25) is 4.79 Å². The fourth-order valence-electron chi connectivity index (χ4n) is 0.0680. The lowest BCUT2D eigenvalue weighted by molar-refractivity contribution is -0.104. The summed E-state index contributed by atoms with van der Waals surface area (Å²) in [4.78, 5) is 9.67. The van der Waals surface area contributed by atoms with E-state index in [0.717, 1.165) is 11.9 Å². The molecule has 0 bridgehead atoms. The average Bonchev–Trinajstić information content (AvgIpc) is 2.24. The van der Waals surface area contributed by atoms with Crippen LogP contribution in [-0.4, -0.2) is 6.29 Å². The third kappa shape index (κ3) is 94.1. The second-order valence-corrected chi connectivity index (χ2v) is 1.56. The van der Waals surface area contributed by atoms with Gasteiger partial charge in [-0.15, -0.1) is 6.58 Å². The van der Waals surface area contributed by atoms with E-state index < -0.39 is 0 Å². The average molecular weight is 186 g/mol. The smallest absolute Gasteiger partial charge is 0.145 e. The number of allylic oxidation sites excluding steroid dienone is 3. The van der Waals surface area contributed by atoms with Crippen LogP contribution in [0.15, 0.2) is 24.3 Å². The van der Waals surface area contributed by atoms with Gasteiger partial charge in [0, 0.05) is 0 Å². The highest BCUT2D eigenvalue weighted by Crippen LogP contribution is 1.80. The Morgan fingerprint density at radius 3 is 1.31 bits per heavy atom. The van der Waals surface area contributed by atoms with Crippen molar-refractivity contribution in [3.05, 3.63) is 24.3 Å². The van der Waals surface area contributed by atoms with Gasteiger partial charge in [0.25, 0.3) is 0 Å². The number of aldehydes is 1. The first-order valence-corrected chi connectivity index (χ1v) is 4.88. The number of hydrogen-bond donors (Lipinski definition) is 0. The SMILES string of the molecule is C/C=C(\C)C=O.C=CC.CC.CC. The number of hydrogen-bond acceptors (Lipinski definition) is 1. The lowest BCUT2D eigenvalue weighted by atomic mass is 10.3. The van der Waals surface area contributed by atoms with Crippen molar-refractivity contribution in [2.45, 2.75) is 48.5 Å². The fourth-order valence-corrected chi connectivity index (χ4v) is 0.0680. The molecule has 0 rings (SSSR count). The van der Waals surface area contributed by atoms with E-state index in [4.69, 9.17) is 0 Å². The Balaban J connectivity index is -0.0000000493. The minimum absolute atomic E-state index is 0.787. The van der Waals surface area contributed by atoms with Crippen LogP contribution in [0.5, 0.6) is 0 Å². The summed E-state index contributed by atoms with van der Waals surface area (Å²) >= 11 is 0. The maximum absolute atomic E-state index is 9.67. The van der Waals surface area contributed by atoms with Crippen LogP contribution in [0.25, 0.3) is 0 Å². The largest absolute Gasteiger partial charge is 0.298 e. The van der Waals surface area contributed by atoms with E-state index in [1.165, 1.54) is 0 Å². The Bertz CT molecular complexity index is 102. The third-order valence-electron chi connectivity index (χ3n) is 0.641. The lowest BCUT2D eigenvalue weighted by Crippen LogP contribution is -1.69. The van der Waals surface area contributed by atoms with E-state index in [0.29, 0.717) is 0 Å². The first kappa shape index (κ1) is 22.7. The molecule has 0 aliphatic carbocycles. The Morgan fingerprint density at radius 1 is 1.08 bits per heavy atom. The zero-order valence-corrected chi connectivity index (χ0v) is 10.3. The normalized spacial score (nSPS) is 7.15. The molecule has 13 heavy (non-hydrogen) atoms. The Morgan fingerprint density at radius 2 is 1.31 bits per heavy atom. The Kier molecular flexibility index (Phi) is 75.8. The molecule has 0 atom stereocenters. The van der Waals surface area contributed by atoms with Crippen LogP contribution in [0.1, 0.15) is 48.5 Å². The number of carbonyl (C=O) groups excluding carboxylic acids is 1. The van der Waals surface area contributed by atoms with Crippen LogP contribution < -0.4 is 0 Å². The van der Waals surface area contributed by atoms with Crippen LogP contribution in [-0.2, 0) is 4.79 Å². The van der Waals surface area contributed by atoms with Crippen molar-refractivity contribution in [1.82, 2.24) is 0 Å². The predicted octanol–water partition coefficient (Wildman–Crippen LogP) is 4.40. The molecule has 0 unspecified atom stereocenters. The van der Waals surface area contributed by atoms with Crippen molar-refractivity contribution in [3.63, 3.8) is 0 Å². The number of rotatable bonds is 1. The molecule has 0 aromatic rings. The van der Waals surface area contributed by atoms with Gasteiger partial charge in [-0.05, 0) is 26.3 Å². The first-order valence-electron chi connectivity index (χ1n) is 4.88. The van der Waals surface area contributed by atoms with Crippen LogP contribution in [0, 0.1) is 0 Å². The van der Waals surface area contributed by atoms with Gasteiger partial charge < -0.3 is 0 Å². The predicted molar refractivity (Wildman–Crippen MR) is 64.1 cm³/mol. The molecule has 80 valence electrons. The number of carbonyl (C=O) groups is 1. The monoisotopic (exact) mass is 186 g/mol. The fraction of sp³-hybridized carbons (Fsp3) is 0.583. The summed E-state index contributed by atoms with van der Waals surface area (Å²) in [5, 5.41) is 0. The van der Waals surface area contributed by atoms with Gasteiger partial charge in [0.15, 0.2) is 0 Å². The summed E-state index contributed by atoms with van der Waals surface area (Å²) in [6.45, 7) is 16.9. The molecule has 0 saturated carbocycles. The zero-order valence-electron chi connectivity index (χ0n) is 10.3. The summed E-state index contributed by atoms with van der Waals surface area (Å²) in [6.07, 6.45) is 4.35. The molecule has 0 aromatic carbocycles. The van der Waals surface area contributed by atoms with Crippen molar-refractivity contribution in [1.29, 1.82) is 0 Å². The van der Waals surface area contributed by atoms with Gasteiger partial charge in [-0.25, -0.2) is 0 Å². The standard InChI is InChI=1S/C5H8O.C3H6.2C2H6/c1-3-5(2)4-6;1-3-2;2*1-2/h3-4H,1-2H3;3H,1H2,2H3;2*1-2H3/b5-3+;;;. The quantitative estimate of drug-likeness (QED) is 0.337. The summed E-state index contributed by atoms with van der Waals surface area (Å²) < 4.78 is 0. The Labute approximate surface area is 84.6 Å². The van der Waals surface area contributed by atoms with Crippen molar-refractivity contribution >= 4 is 6.29 Å². The molecule has 0 aromatic heterocycles. The second-order valence-electron chi connectivity index (χ2n) is 1.56. The Hall–Kier alpha value is -0.850. The molecular formula is C12H26O. The molecule has 0 heterocycles. The third-order valence-corrected chi connectivity index (χ3v) is 0.641. The van der Waals surface area contributed by atoms with Crippen molar-refractivity contribution in [2.75, 3.05) is 0 Å². The highest BCUT2D eigenvalue weighted by atomic mass is 16.1. The van der Waals surface area contributed by atoms with Gasteiger partial charge >= 0.3 is 0 Å². The molecule has 0 saturated heterocycles. The topological polar surface area (TPSA) is 17.1 Å². The van der Waals surface area contributed by atoms with Crippen molar-refractivity contribution < 1.29 is 4.79 Å². The van der Waals surface area contributed by atoms with Crippen LogP contribution in [0.4, 0.5) is 0 Å². The highest BCUT2D eigenvalue weighted by Gasteiger charge is 1.72. The molecule has 0 amide bonds. The summed E-state index contributed by atoms with van der Waals surface area (Å²) in [5.41, 5.74) is 0.787. The second kappa shape index (κ2) is 43.3. The van der Waals surface area contributed by atoms with Gasteiger partial charge in [-0.1, -0.05) is 39.8 Å². The lowest BCUT2D eigenvalue weighted by Gasteiger charge is -1.73. The summed E-state index contributed by atoms with van der Waals surface area (Å²) in [5.74, 6) is 0. The molecule has 0 aliphatic heterocycles. The van der Waals surface area contributed by atoms with E-state index in [9.17, 15) is 4.79 Å². The van der Waals surface area contributed by atoms with Gasteiger partial charge in [-0.2, -0.15) is 0 Å². The van der Waals surface area contributed by atoms with Crippen LogP contribution in [0.2, 0.25) is 0 Å². The van der Waals surface area contributed by atoms with Gasteiger partial charge in [0.1, 0.15) is 6.29 Å². The van der Waals surface area contributed by atoms with E-state index in [1.807, 2.05) is 41.5 Å². The maximum atomic E-state index is 9.67. The van der Waals surface area contributed by atoms with Crippen molar-refractivity contribution in [2.24, 2.45) is 0 Å². The van der Waals surface area contributed by atoms with E-state index in [2.05, 4.69) is 6.58 Å². The van der Waals surface area contributed by atoms with Crippen LogP contribution in [0.3, 0.4) is 0 Å². The molecule has 0 spiro atoms. The molecule has 0 radical (unpaired) electrons. The first-order chi connectivity index (χ1) is 6.22. The van der Waals surface area contributed by atoms with Gasteiger partial charge in [0.2, 0.25) is 0 Å². The molecule has 0 fully saturated rings. The van der Waals surface area contributed by atoms with E-state index in [-0.39, 0.29) is 0 Å². The van der Waals surface area contributed by atoms with Gasteiger partial charge in [0.05, 0.1) is 0 Å². The van der Waals surface area contributed by atoms with Crippen LogP contribution >= 0.6 is 0 Å². The summed E-state index contributed by atoms with van der Waals surface area (Å²) in [7, 11) is 0. The van der Waals surface area contributed by atoms with E-state index >= 15 is 0 Å². The summed E-state index contributed by atoms with van der Waals surface area (Å²) in [6, 6.07) is 0. The van der Waals surface area contributed by atoms with E-state index in [1.54, 1.807) is 19.1 Å². The molecule has 1 heteroatoms. The minimum atomic E-state index is 0.787.